The second-order valence-corrected chi connectivity index (χ2v) is 4.04. The molecule has 0 atom stereocenters. The Morgan fingerprint density at radius 1 is 1.19 bits per heavy atom. The molecule has 16 heavy (non-hydrogen) atoms. The van der Waals surface area contributed by atoms with Crippen molar-refractivity contribution in [2.24, 2.45) is 0 Å². The predicted octanol–water partition coefficient (Wildman–Crippen LogP) is 3.72. The van der Waals surface area contributed by atoms with E-state index < -0.39 is 11.7 Å². The van der Waals surface area contributed by atoms with E-state index in [1.165, 1.54) is 6.07 Å². The first-order chi connectivity index (χ1) is 7.38. The molecular formula is C10H6BrF3N2. The largest absolute Gasteiger partial charge is 0.416 e. The fourth-order valence-electron chi connectivity index (χ4n) is 1.38. The van der Waals surface area contributed by atoms with Crippen molar-refractivity contribution in [2.75, 3.05) is 0 Å². The van der Waals surface area contributed by atoms with Crippen LogP contribution in [0.1, 0.15) is 11.4 Å². The molecule has 0 aliphatic carbocycles. The van der Waals surface area contributed by atoms with E-state index in [1.54, 1.807) is 6.92 Å². The number of alkyl halides is 3. The lowest BCUT2D eigenvalue weighted by molar-refractivity contribution is -0.137. The maximum Gasteiger partial charge on any atom is 0.416 e. The van der Waals surface area contributed by atoms with Crippen LogP contribution in [0.15, 0.2) is 22.8 Å². The first kappa shape index (κ1) is 11.3. The van der Waals surface area contributed by atoms with Crippen LogP contribution in [0.25, 0.3) is 10.9 Å². The smallest absolute Gasteiger partial charge is 0.233 e. The van der Waals surface area contributed by atoms with Gasteiger partial charge in [0.05, 0.1) is 11.1 Å². The average molecular weight is 291 g/mol. The SMILES string of the molecule is Cc1nc(Br)c2ccc(C(F)(F)F)cc2n1. The molecule has 0 aliphatic rings. The van der Waals surface area contributed by atoms with E-state index >= 15 is 0 Å². The summed E-state index contributed by atoms with van der Waals surface area (Å²) in [6, 6.07) is 3.40. The van der Waals surface area contributed by atoms with Crippen molar-refractivity contribution in [3.05, 3.63) is 34.2 Å². The quantitative estimate of drug-likeness (QED) is 0.691. The van der Waals surface area contributed by atoms with Gasteiger partial charge in [-0.1, -0.05) is 0 Å². The Morgan fingerprint density at radius 3 is 2.50 bits per heavy atom. The molecule has 1 aromatic heterocycles. The second kappa shape index (κ2) is 3.69. The molecule has 0 fully saturated rings. The minimum absolute atomic E-state index is 0.286. The Bertz CT molecular complexity index is 551. The van der Waals surface area contributed by atoms with Crippen LogP contribution < -0.4 is 0 Å². The van der Waals surface area contributed by atoms with Gasteiger partial charge in [-0.15, -0.1) is 0 Å². The summed E-state index contributed by atoms with van der Waals surface area (Å²) in [5.41, 5.74) is -0.417. The van der Waals surface area contributed by atoms with Crippen molar-refractivity contribution in [1.29, 1.82) is 0 Å². The summed E-state index contributed by atoms with van der Waals surface area (Å²) >= 11 is 3.19. The number of rotatable bonds is 0. The Hall–Kier alpha value is -1.17. The van der Waals surface area contributed by atoms with Crippen LogP contribution in [0.5, 0.6) is 0 Å². The normalized spacial score (nSPS) is 12.1. The van der Waals surface area contributed by atoms with Crippen molar-refractivity contribution in [3.63, 3.8) is 0 Å². The van der Waals surface area contributed by atoms with Crippen LogP contribution in [0.4, 0.5) is 13.2 Å². The molecular weight excluding hydrogens is 285 g/mol. The highest BCUT2D eigenvalue weighted by Gasteiger charge is 2.30. The average Bonchev–Trinajstić information content (AvgIpc) is 2.15. The molecule has 2 rings (SSSR count). The van der Waals surface area contributed by atoms with Gasteiger partial charge in [-0.2, -0.15) is 13.2 Å². The molecule has 0 spiro atoms. The van der Waals surface area contributed by atoms with Crippen LogP contribution in [0.3, 0.4) is 0 Å². The van der Waals surface area contributed by atoms with Crippen LogP contribution >= 0.6 is 15.9 Å². The fraction of sp³-hybridized carbons (Fsp3) is 0.200. The predicted molar refractivity (Wildman–Crippen MR) is 57.0 cm³/mol. The fourth-order valence-corrected chi connectivity index (χ4v) is 1.97. The molecule has 0 saturated carbocycles. The van der Waals surface area contributed by atoms with Crippen molar-refractivity contribution in [1.82, 2.24) is 9.97 Å². The zero-order valence-electron chi connectivity index (χ0n) is 8.14. The van der Waals surface area contributed by atoms with E-state index in [9.17, 15) is 13.2 Å². The number of hydrogen-bond acceptors (Lipinski definition) is 2. The van der Waals surface area contributed by atoms with E-state index in [4.69, 9.17) is 0 Å². The van der Waals surface area contributed by atoms with Gasteiger partial charge in [0.25, 0.3) is 0 Å². The molecule has 0 bridgehead atoms. The Morgan fingerprint density at radius 2 is 1.88 bits per heavy atom. The molecule has 0 saturated heterocycles. The third-order valence-electron chi connectivity index (χ3n) is 2.09. The monoisotopic (exact) mass is 290 g/mol. The highest BCUT2D eigenvalue weighted by molar-refractivity contribution is 9.10. The number of hydrogen-bond donors (Lipinski definition) is 0. The third-order valence-corrected chi connectivity index (χ3v) is 2.69. The summed E-state index contributed by atoms with van der Waals surface area (Å²) in [4.78, 5) is 7.99. The Kier molecular flexibility index (Phi) is 2.61. The minimum Gasteiger partial charge on any atom is -0.233 e. The molecule has 0 aliphatic heterocycles. The van der Waals surface area contributed by atoms with Gasteiger partial charge in [0.2, 0.25) is 0 Å². The molecule has 1 aromatic carbocycles. The van der Waals surface area contributed by atoms with Crippen LogP contribution in [-0.2, 0) is 6.18 Å². The summed E-state index contributed by atoms with van der Waals surface area (Å²) in [5.74, 6) is 0.429. The summed E-state index contributed by atoms with van der Waals surface area (Å²) in [6.07, 6.45) is -4.35. The van der Waals surface area contributed by atoms with Crippen molar-refractivity contribution < 1.29 is 13.2 Å². The summed E-state index contributed by atoms with van der Waals surface area (Å²) in [5, 5.41) is 0.568. The molecule has 84 valence electrons. The first-order valence-electron chi connectivity index (χ1n) is 4.39. The van der Waals surface area contributed by atoms with Crippen LogP contribution in [0, 0.1) is 6.92 Å². The highest BCUT2D eigenvalue weighted by atomic mass is 79.9. The third kappa shape index (κ3) is 2.02. The topological polar surface area (TPSA) is 25.8 Å². The highest BCUT2D eigenvalue weighted by Crippen LogP contribution is 2.32. The lowest BCUT2D eigenvalue weighted by Gasteiger charge is -2.08. The molecule has 0 unspecified atom stereocenters. The summed E-state index contributed by atoms with van der Waals surface area (Å²) in [6.45, 7) is 1.63. The first-order valence-corrected chi connectivity index (χ1v) is 5.18. The van der Waals surface area contributed by atoms with E-state index in [1.807, 2.05) is 0 Å². The number of fused-ring (bicyclic) bond motifs is 1. The van der Waals surface area contributed by atoms with E-state index in [2.05, 4.69) is 25.9 Å². The second-order valence-electron chi connectivity index (χ2n) is 3.29. The zero-order valence-corrected chi connectivity index (χ0v) is 9.72. The van der Waals surface area contributed by atoms with Gasteiger partial charge in [0, 0.05) is 5.39 Å². The summed E-state index contributed by atoms with van der Waals surface area (Å²) < 4.78 is 37.9. The van der Waals surface area contributed by atoms with Crippen LogP contribution in [0.2, 0.25) is 0 Å². The Balaban J connectivity index is 2.71. The number of benzene rings is 1. The van der Waals surface area contributed by atoms with E-state index in [0.29, 0.717) is 15.8 Å². The number of halogens is 4. The van der Waals surface area contributed by atoms with Crippen molar-refractivity contribution in [2.45, 2.75) is 13.1 Å². The zero-order chi connectivity index (χ0) is 11.9. The molecule has 0 radical (unpaired) electrons. The van der Waals surface area contributed by atoms with Gasteiger partial charge < -0.3 is 0 Å². The Labute approximate surface area is 97.6 Å². The number of aryl methyl sites for hydroxylation is 1. The molecule has 0 N–H and O–H groups in total. The number of aromatic nitrogens is 2. The lowest BCUT2D eigenvalue weighted by Crippen LogP contribution is -2.05. The number of nitrogens with zero attached hydrogens (tertiary/aromatic N) is 2. The summed E-state index contributed by atoms with van der Waals surface area (Å²) in [7, 11) is 0. The maximum atomic E-state index is 12.5. The van der Waals surface area contributed by atoms with E-state index in [0.717, 1.165) is 12.1 Å². The molecule has 2 aromatic rings. The molecule has 0 amide bonds. The molecule has 1 heterocycles. The van der Waals surface area contributed by atoms with E-state index in [-0.39, 0.29) is 5.52 Å². The maximum absolute atomic E-state index is 12.5. The van der Waals surface area contributed by atoms with Crippen LogP contribution in [-0.4, -0.2) is 9.97 Å². The molecule has 6 heteroatoms. The van der Waals surface area contributed by atoms with Gasteiger partial charge in [0.15, 0.2) is 0 Å². The van der Waals surface area contributed by atoms with Crippen molar-refractivity contribution >= 4 is 26.8 Å². The molecule has 2 nitrogen and oxygen atoms in total. The van der Waals surface area contributed by atoms with Crippen molar-refractivity contribution in [3.8, 4) is 0 Å². The minimum atomic E-state index is -4.35. The van der Waals surface area contributed by atoms with Gasteiger partial charge in [0.1, 0.15) is 10.4 Å². The van der Waals surface area contributed by atoms with Gasteiger partial charge >= 0.3 is 6.18 Å². The van der Waals surface area contributed by atoms with Gasteiger partial charge in [-0.3, -0.25) is 0 Å². The standard InChI is InChI=1S/C10H6BrF3N2/c1-5-15-8-4-6(10(12,13)14)2-3-7(8)9(11)16-5/h2-4H,1H3. The lowest BCUT2D eigenvalue weighted by atomic mass is 10.1. The van der Waals surface area contributed by atoms with Gasteiger partial charge in [-0.05, 0) is 41.1 Å². The van der Waals surface area contributed by atoms with Gasteiger partial charge in [-0.25, -0.2) is 9.97 Å².